The third kappa shape index (κ3) is 4.40. The van der Waals surface area contributed by atoms with Crippen LogP contribution in [-0.4, -0.2) is 39.6 Å². The van der Waals surface area contributed by atoms with Crippen molar-refractivity contribution in [1.82, 2.24) is 14.9 Å². The van der Waals surface area contributed by atoms with E-state index in [2.05, 4.69) is 9.97 Å². The molecule has 3 heterocycles. The van der Waals surface area contributed by atoms with Crippen molar-refractivity contribution in [3.05, 3.63) is 83.8 Å². The molecule has 0 bridgehead atoms. The minimum absolute atomic E-state index is 0.0192. The van der Waals surface area contributed by atoms with Gasteiger partial charge in [0, 0.05) is 54.7 Å². The molecule has 0 spiro atoms. The van der Waals surface area contributed by atoms with Crippen LogP contribution in [0.15, 0.2) is 60.9 Å². The second kappa shape index (κ2) is 8.49. The predicted octanol–water partition coefficient (Wildman–Crippen LogP) is 4.16. The zero-order valence-electron chi connectivity index (χ0n) is 16.1. The normalized spacial score (nSPS) is 13.7. The minimum atomic E-state index is -0.680. The van der Waals surface area contributed by atoms with Crippen LogP contribution in [0, 0.1) is 17.7 Å². The van der Waals surface area contributed by atoms with E-state index in [9.17, 15) is 18.4 Å². The van der Waals surface area contributed by atoms with Gasteiger partial charge in [-0.25, -0.2) is 9.37 Å². The molecule has 1 aliphatic heterocycles. The van der Waals surface area contributed by atoms with E-state index in [1.807, 2.05) is 0 Å². The van der Waals surface area contributed by atoms with Crippen LogP contribution in [-0.2, 0) is 0 Å². The third-order valence-corrected chi connectivity index (χ3v) is 5.20. The second-order valence-electron chi connectivity index (χ2n) is 7.35. The van der Waals surface area contributed by atoms with Crippen LogP contribution < -0.4 is 0 Å². The molecule has 30 heavy (non-hydrogen) atoms. The number of likely N-dealkylation sites (tertiary alicyclic amines) is 1. The molecule has 0 N–H and O–H groups in total. The molecule has 3 aromatic rings. The Labute approximate surface area is 172 Å². The lowest BCUT2D eigenvalue weighted by Gasteiger charge is -2.39. The summed E-state index contributed by atoms with van der Waals surface area (Å²) in [5, 5.41) is 0. The van der Waals surface area contributed by atoms with Gasteiger partial charge < -0.3 is 4.90 Å². The Hall–Kier alpha value is -3.48. The molecule has 0 atom stereocenters. The monoisotopic (exact) mass is 407 g/mol. The van der Waals surface area contributed by atoms with E-state index in [-0.39, 0.29) is 29.0 Å². The van der Waals surface area contributed by atoms with Crippen LogP contribution >= 0.6 is 0 Å². The highest BCUT2D eigenvalue weighted by molar-refractivity contribution is 5.96. The first-order chi connectivity index (χ1) is 14.5. The maximum absolute atomic E-state index is 13.3. The summed E-state index contributed by atoms with van der Waals surface area (Å²) in [6.45, 7) is 1.10. The smallest absolute Gasteiger partial charge is 0.254 e. The predicted molar refractivity (Wildman–Crippen MR) is 107 cm³/mol. The standard InChI is InChI=1S/C23H19F2N3O2/c24-19-3-1-2-16(10-19)20-6-5-18(12-27-20)21(29)7-4-15-13-28(14-15)23(30)17-8-9-26-22(25)11-17/h1-3,5-6,8-12,15H,4,7,13-14H2. The van der Waals surface area contributed by atoms with Crippen molar-refractivity contribution in [2.24, 2.45) is 5.92 Å². The summed E-state index contributed by atoms with van der Waals surface area (Å²) in [6, 6.07) is 12.2. The van der Waals surface area contributed by atoms with Crippen LogP contribution in [0.25, 0.3) is 11.3 Å². The number of hydrogen-bond donors (Lipinski definition) is 0. The fourth-order valence-corrected chi connectivity index (χ4v) is 3.49. The molecule has 2 aromatic heterocycles. The molecule has 1 aromatic carbocycles. The zero-order valence-corrected chi connectivity index (χ0v) is 16.1. The maximum Gasteiger partial charge on any atom is 0.254 e. The first kappa shape index (κ1) is 19.8. The Balaban J connectivity index is 1.27. The summed E-state index contributed by atoms with van der Waals surface area (Å²) in [4.78, 5) is 34.1. The highest BCUT2D eigenvalue weighted by Crippen LogP contribution is 2.24. The molecule has 152 valence electrons. The first-order valence-electron chi connectivity index (χ1n) is 9.65. The van der Waals surface area contributed by atoms with Gasteiger partial charge in [-0.15, -0.1) is 0 Å². The average Bonchev–Trinajstić information content (AvgIpc) is 2.72. The Kier molecular flexibility index (Phi) is 5.61. The van der Waals surface area contributed by atoms with E-state index >= 15 is 0 Å². The van der Waals surface area contributed by atoms with E-state index in [1.165, 1.54) is 30.6 Å². The molecule has 1 fully saturated rings. The van der Waals surface area contributed by atoms with Gasteiger partial charge in [0.25, 0.3) is 5.91 Å². The number of pyridine rings is 2. The van der Waals surface area contributed by atoms with Crippen LogP contribution in [0.5, 0.6) is 0 Å². The number of Topliss-reactive ketones (excluding diaryl/α,β-unsaturated/α-hetero) is 1. The lowest BCUT2D eigenvalue weighted by atomic mass is 9.92. The van der Waals surface area contributed by atoms with Crippen molar-refractivity contribution in [1.29, 1.82) is 0 Å². The number of rotatable bonds is 6. The Morgan fingerprint density at radius 3 is 2.53 bits per heavy atom. The van der Waals surface area contributed by atoms with Crippen LogP contribution in [0.1, 0.15) is 33.6 Å². The summed E-state index contributed by atoms with van der Waals surface area (Å²) >= 11 is 0. The van der Waals surface area contributed by atoms with Crippen LogP contribution in [0.3, 0.4) is 0 Å². The van der Waals surface area contributed by atoms with Crippen molar-refractivity contribution in [3.63, 3.8) is 0 Å². The van der Waals surface area contributed by atoms with Crippen LogP contribution in [0.2, 0.25) is 0 Å². The van der Waals surface area contributed by atoms with Gasteiger partial charge in [0.15, 0.2) is 5.78 Å². The summed E-state index contributed by atoms with van der Waals surface area (Å²) in [5.41, 5.74) is 2.05. The van der Waals surface area contributed by atoms with Crippen molar-refractivity contribution in [2.45, 2.75) is 12.8 Å². The van der Waals surface area contributed by atoms with Crippen LogP contribution in [0.4, 0.5) is 8.78 Å². The molecule has 0 radical (unpaired) electrons. The molecule has 7 heteroatoms. The van der Waals surface area contributed by atoms with Crippen molar-refractivity contribution in [2.75, 3.05) is 13.1 Å². The van der Waals surface area contributed by atoms with Crippen molar-refractivity contribution >= 4 is 11.7 Å². The molecule has 1 aliphatic rings. The molecule has 5 nitrogen and oxygen atoms in total. The number of aromatic nitrogens is 2. The fourth-order valence-electron chi connectivity index (χ4n) is 3.49. The van der Waals surface area contributed by atoms with Gasteiger partial charge in [-0.3, -0.25) is 14.6 Å². The van der Waals surface area contributed by atoms with Gasteiger partial charge in [-0.1, -0.05) is 12.1 Å². The van der Waals surface area contributed by atoms with Gasteiger partial charge in [0.1, 0.15) is 5.82 Å². The topological polar surface area (TPSA) is 63.2 Å². The van der Waals surface area contributed by atoms with Crippen molar-refractivity contribution < 1.29 is 18.4 Å². The van der Waals surface area contributed by atoms with Gasteiger partial charge in [0.2, 0.25) is 5.95 Å². The number of ketones is 1. The second-order valence-corrected chi connectivity index (χ2v) is 7.35. The third-order valence-electron chi connectivity index (χ3n) is 5.20. The number of carbonyl (C=O) groups is 2. The summed E-state index contributed by atoms with van der Waals surface area (Å²) in [5.74, 6) is -1.02. The summed E-state index contributed by atoms with van der Waals surface area (Å²) in [6.07, 6.45) is 3.81. The van der Waals surface area contributed by atoms with Gasteiger partial charge in [-0.05, 0) is 42.7 Å². The molecule has 1 amide bonds. The molecule has 4 rings (SSSR count). The lowest BCUT2D eigenvalue weighted by molar-refractivity contribution is 0.0479. The molecule has 1 saturated heterocycles. The molecule has 0 saturated carbocycles. The maximum atomic E-state index is 13.3. The largest absolute Gasteiger partial charge is 0.338 e. The Bertz CT molecular complexity index is 1080. The molecular formula is C23H19F2N3O2. The average molecular weight is 407 g/mol. The van der Waals surface area contributed by atoms with Gasteiger partial charge in [0.05, 0.1) is 5.69 Å². The summed E-state index contributed by atoms with van der Waals surface area (Å²) < 4.78 is 26.5. The van der Waals surface area contributed by atoms with E-state index in [4.69, 9.17) is 0 Å². The Morgan fingerprint density at radius 1 is 1.00 bits per heavy atom. The van der Waals surface area contributed by atoms with E-state index in [1.54, 1.807) is 29.2 Å². The van der Waals surface area contributed by atoms with E-state index in [0.717, 1.165) is 6.07 Å². The molecule has 0 aliphatic carbocycles. The summed E-state index contributed by atoms with van der Waals surface area (Å²) in [7, 11) is 0. The van der Waals surface area contributed by atoms with Gasteiger partial charge in [-0.2, -0.15) is 4.39 Å². The van der Waals surface area contributed by atoms with Crippen molar-refractivity contribution in [3.8, 4) is 11.3 Å². The number of benzene rings is 1. The van der Waals surface area contributed by atoms with E-state index < -0.39 is 5.95 Å². The quantitative estimate of drug-likeness (QED) is 0.455. The lowest BCUT2D eigenvalue weighted by Crippen LogP contribution is -2.50. The SMILES string of the molecule is O=C(CCC1CN(C(=O)c2ccnc(F)c2)C1)c1ccc(-c2cccc(F)c2)nc1. The first-order valence-corrected chi connectivity index (χ1v) is 9.65. The molecular weight excluding hydrogens is 388 g/mol. The zero-order chi connectivity index (χ0) is 21.1. The number of carbonyl (C=O) groups excluding carboxylic acids is 2. The minimum Gasteiger partial charge on any atom is -0.338 e. The highest BCUT2D eigenvalue weighted by Gasteiger charge is 2.31. The highest BCUT2D eigenvalue weighted by atomic mass is 19.1. The number of halogens is 2. The van der Waals surface area contributed by atoms with Gasteiger partial charge >= 0.3 is 0 Å². The number of nitrogens with zero attached hydrogens (tertiary/aromatic N) is 3. The number of amides is 1. The number of hydrogen-bond acceptors (Lipinski definition) is 4. The fraction of sp³-hybridized carbons (Fsp3) is 0.217. The Morgan fingerprint density at radius 2 is 1.83 bits per heavy atom. The molecule has 0 unspecified atom stereocenters. The van der Waals surface area contributed by atoms with E-state index in [0.29, 0.717) is 42.8 Å².